The number of carboxylic acids is 1. The number of nitrogens with zero attached hydrogens (tertiary/aromatic N) is 2. The Morgan fingerprint density at radius 1 is 1.52 bits per heavy atom. The summed E-state index contributed by atoms with van der Waals surface area (Å²) in [6, 6.07) is 3.62. The van der Waals surface area contributed by atoms with Gasteiger partial charge in [0.25, 0.3) is 0 Å². The Kier molecular flexibility index (Phi) is 5.30. The molecular weight excluding hydrogens is 338 g/mol. The number of rotatable bonds is 4. The molecule has 0 radical (unpaired) electrons. The number of carboxylic acid groups (broad SMARTS) is 1. The van der Waals surface area contributed by atoms with Crippen LogP contribution in [0, 0.1) is 5.92 Å². The van der Waals surface area contributed by atoms with Gasteiger partial charge in [-0.3, -0.25) is 14.5 Å². The first-order valence-electron chi connectivity index (χ1n) is 6.84. The standard InChI is InChI=1S/C14H18BrN3O3/c1-9-6-10(14(20)21)4-5-18(9)8-13(19)17-12-3-2-11(15)7-16-12/h2-3,7,9-10H,4-6,8H2,1H3,(H,20,21)(H,16,17,19). The second-order valence-corrected chi connectivity index (χ2v) is 6.20. The van der Waals surface area contributed by atoms with Crippen LogP contribution in [0.4, 0.5) is 5.82 Å². The third-order valence-corrected chi connectivity index (χ3v) is 4.17. The maximum atomic E-state index is 12.0. The van der Waals surface area contributed by atoms with Crippen LogP contribution in [0.2, 0.25) is 0 Å². The number of piperidine rings is 1. The fourth-order valence-corrected chi connectivity index (χ4v) is 2.73. The molecule has 0 saturated carbocycles. The summed E-state index contributed by atoms with van der Waals surface area (Å²) >= 11 is 3.29. The molecule has 1 aliphatic heterocycles. The number of hydrogen-bond donors (Lipinski definition) is 2. The van der Waals surface area contributed by atoms with Crippen LogP contribution in [0.25, 0.3) is 0 Å². The minimum absolute atomic E-state index is 0.0866. The summed E-state index contributed by atoms with van der Waals surface area (Å²) in [5.74, 6) is -0.667. The maximum Gasteiger partial charge on any atom is 0.306 e. The highest BCUT2D eigenvalue weighted by Crippen LogP contribution is 2.22. The van der Waals surface area contributed by atoms with E-state index >= 15 is 0 Å². The Morgan fingerprint density at radius 3 is 2.86 bits per heavy atom. The summed E-state index contributed by atoms with van der Waals surface area (Å²) in [4.78, 5) is 29.1. The van der Waals surface area contributed by atoms with E-state index in [1.54, 1.807) is 12.3 Å². The number of aliphatic carboxylic acids is 1. The molecule has 1 amide bonds. The minimum atomic E-state index is -0.745. The molecule has 0 spiro atoms. The van der Waals surface area contributed by atoms with Gasteiger partial charge in [-0.05, 0) is 54.4 Å². The topological polar surface area (TPSA) is 82.5 Å². The highest BCUT2D eigenvalue weighted by molar-refractivity contribution is 9.10. The number of amides is 1. The number of carbonyl (C=O) groups excluding carboxylic acids is 1. The molecular formula is C14H18BrN3O3. The van der Waals surface area contributed by atoms with Gasteiger partial charge in [0.1, 0.15) is 5.82 Å². The summed E-state index contributed by atoms with van der Waals surface area (Å²) in [5.41, 5.74) is 0. The third kappa shape index (κ3) is 4.50. The first-order chi connectivity index (χ1) is 9.95. The largest absolute Gasteiger partial charge is 0.481 e. The third-order valence-electron chi connectivity index (χ3n) is 3.70. The number of anilines is 1. The van der Waals surface area contributed by atoms with Gasteiger partial charge in [0, 0.05) is 16.7 Å². The number of aromatic nitrogens is 1. The molecule has 7 heteroatoms. The molecule has 1 aromatic rings. The van der Waals surface area contributed by atoms with Crippen molar-refractivity contribution in [1.29, 1.82) is 0 Å². The average molecular weight is 356 g/mol. The first-order valence-corrected chi connectivity index (χ1v) is 7.63. The lowest BCUT2D eigenvalue weighted by atomic mass is 9.92. The van der Waals surface area contributed by atoms with Gasteiger partial charge in [0.05, 0.1) is 12.5 Å². The van der Waals surface area contributed by atoms with Gasteiger partial charge >= 0.3 is 5.97 Å². The summed E-state index contributed by atoms with van der Waals surface area (Å²) in [5, 5.41) is 11.8. The highest BCUT2D eigenvalue weighted by Gasteiger charge is 2.30. The van der Waals surface area contributed by atoms with Crippen LogP contribution in [-0.2, 0) is 9.59 Å². The molecule has 2 unspecified atom stereocenters. The van der Waals surface area contributed by atoms with Crippen molar-refractivity contribution in [3.05, 3.63) is 22.8 Å². The van der Waals surface area contributed by atoms with Gasteiger partial charge in [0.2, 0.25) is 5.91 Å². The van der Waals surface area contributed by atoms with Gasteiger partial charge < -0.3 is 10.4 Å². The van der Waals surface area contributed by atoms with Gasteiger partial charge in [-0.15, -0.1) is 0 Å². The molecule has 2 heterocycles. The van der Waals surface area contributed by atoms with Gasteiger partial charge in [0.15, 0.2) is 0 Å². The van der Waals surface area contributed by atoms with Crippen molar-refractivity contribution in [2.75, 3.05) is 18.4 Å². The Balaban J connectivity index is 1.85. The molecule has 6 nitrogen and oxygen atoms in total. The number of nitrogens with one attached hydrogen (secondary N) is 1. The Hall–Kier alpha value is -1.47. The summed E-state index contributed by atoms with van der Waals surface area (Å²) in [7, 11) is 0. The fraction of sp³-hybridized carbons (Fsp3) is 0.500. The quantitative estimate of drug-likeness (QED) is 0.862. The van der Waals surface area contributed by atoms with Crippen LogP contribution < -0.4 is 5.32 Å². The predicted octanol–water partition coefficient (Wildman–Crippen LogP) is 1.97. The van der Waals surface area contributed by atoms with Crippen molar-refractivity contribution in [3.63, 3.8) is 0 Å². The SMILES string of the molecule is CC1CC(C(=O)O)CCN1CC(=O)Nc1ccc(Br)cn1. The van der Waals surface area contributed by atoms with E-state index < -0.39 is 5.97 Å². The van der Waals surface area contributed by atoms with E-state index in [4.69, 9.17) is 5.11 Å². The normalized spacial score (nSPS) is 22.8. The van der Waals surface area contributed by atoms with Crippen molar-refractivity contribution in [2.45, 2.75) is 25.8 Å². The summed E-state index contributed by atoms with van der Waals surface area (Å²) in [6.45, 7) is 2.84. The molecule has 1 fully saturated rings. The highest BCUT2D eigenvalue weighted by atomic mass is 79.9. The van der Waals surface area contributed by atoms with E-state index in [2.05, 4.69) is 26.2 Å². The lowest BCUT2D eigenvalue weighted by Crippen LogP contribution is -2.46. The van der Waals surface area contributed by atoms with Crippen LogP contribution in [0.5, 0.6) is 0 Å². The van der Waals surface area contributed by atoms with Crippen LogP contribution in [0.1, 0.15) is 19.8 Å². The zero-order valence-electron chi connectivity index (χ0n) is 11.8. The van der Waals surface area contributed by atoms with E-state index in [0.29, 0.717) is 25.2 Å². The summed E-state index contributed by atoms with van der Waals surface area (Å²) < 4.78 is 0.852. The lowest BCUT2D eigenvalue weighted by Gasteiger charge is -2.35. The molecule has 0 aromatic carbocycles. The van der Waals surface area contributed by atoms with Crippen molar-refractivity contribution in [2.24, 2.45) is 5.92 Å². The average Bonchev–Trinajstić information content (AvgIpc) is 2.43. The van der Waals surface area contributed by atoms with Gasteiger partial charge in [-0.1, -0.05) is 0 Å². The molecule has 114 valence electrons. The van der Waals surface area contributed by atoms with Crippen molar-refractivity contribution in [1.82, 2.24) is 9.88 Å². The van der Waals surface area contributed by atoms with Gasteiger partial charge in [-0.2, -0.15) is 0 Å². The molecule has 21 heavy (non-hydrogen) atoms. The number of pyridine rings is 1. The molecule has 1 aromatic heterocycles. The minimum Gasteiger partial charge on any atom is -0.481 e. The van der Waals surface area contributed by atoms with Gasteiger partial charge in [-0.25, -0.2) is 4.98 Å². The van der Waals surface area contributed by atoms with Crippen LogP contribution in [0.3, 0.4) is 0 Å². The molecule has 1 saturated heterocycles. The second kappa shape index (κ2) is 7.00. The number of carbonyl (C=O) groups is 2. The fourth-order valence-electron chi connectivity index (χ4n) is 2.50. The Bertz CT molecular complexity index is 521. The van der Waals surface area contributed by atoms with Crippen LogP contribution in [-0.4, -0.2) is 46.0 Å². The predicted molar refractivity (Wildman–Crippen MR) is 82.0 cm³/mol. The number of likely N-dealkylation sites (tertiary alicyclic amines) is 1. The Morgan fingerprint density at radius 2 is 2.29 bits per heavy atom. The zero-order chi connectivity index (χ0) is 15.4. The molecule has 0 aliphatic carbocycles. The Labute approximate surface area is 131 Å². The molecule has 2 N–H and O–H groups in total. The maximum absolute atomic E-state index is 12.0. The van der Waals surface area contributed by atoms with E-state index in [1.807, 2.05) is 17.9 Å². The second-order valence-electron chi connectivity index (χ2n) is 5.29. The first kappa shape index (κ1) is 15.9. The van der Waals surface area contributed by atoms with Crippen molar-refractivity contribution >= 4 is 33.6 Å². The molecule has 0 bridgehead atoms. The van der Waals surface area contributed by atoms with Crippen molar-refractivity contribution in [3.8, 4) is 0 Å². The van der Waals surface area contributed by atoms with E-state index in [1.165, 1.54) is 0 Å². The molecule has 1 aliphatic rings. The number of hydrogen-bond acceptors (Lipinski definition) is 4. The summed E-state index contributed by atoms with van der Waals surface area (Å²) in [6.07, 6.45) is 2.79. The zero-order valence-corrected chi connectivity index (χ0v) is 13.3. The van der Waals surface area contributed by atoms with E-state index in [9.17, 15) is 9.59 Å². The van der Waals surface area contributed by atoms with Crippen LogP contribution >= 0.6 is 15.9 Å². The molecule has 2 rings (SSSR count). The molecule has 2 atom stereocenters. The number of halogens is 1. The van der Waals surface area contributed by atoms with E-state index in [-0.39, 0.29) is 24.4 Å². The lowest BCUT2D eigenvalue weighted by molar-refractivity contribution is -0.144. The smallest absolute Gasteiger partial charge is 0.306 e. The van der Waals surface area contributed by atoms with Crippen LogP contribution in [0.15, 0.2) is 22.8 Å². The monoisotopic (exact) mass is 355 g/mol. The van der Waals surface area contributed by atoms with E-state index in [0.717, 1.165) is 4.47 Å². The van der Waals surface area contributed by atoms with Crippen molar-refractivity contribution < 1.29 is 14.7 Å².